The van der Waals surface area contributed by atoms with Crippen molar-refractivity contribution < 1.29 is 14.4 Å². The molecule has 3 heterocycles. The Morgan fingerprint density at radius 2 is 1.96 bits per heavy atom. The van der Waals surface area contributed by atoms with Gasteiger partial charge in [0.1, 0.15) is 0 Å². The molecule has 1 N–H and O–H groups in total. The molecule has 2 fully saturated rings. The van der Waals surface area contributed by atoms with E-state index in [0.29, 0.717) is 43.3 Å². The second kappa shape index (κ2) is 9.12. The number of hydrogen-bond acceptors (Lipinski definition) is 5. The van der Waals surface area contributed by atoms with Crippen LogP contribution in [0.25, 0.3) is 0 Å². The average molecular weight is 378 g/mol. The van der Waals surface area contributed by atoms with E-state index < -0.39 is 0 Å². The summed E-state index contributed by atoms with van der Waals surface area (Å²) in [5.74, 6) is 0.274. The summed E-state index contributed by atoms with van der Waals surface area (Å²) in [6.45, 7) is 2.82. The molecule has 26 heavy (non-hydrogen) atoms. The number of nitrogens with one attached hydrogen (secondary N) is 1. The first-order valence-corrected chi connectivity index (χ1v) is 10.3. The minimum absolute atomic E-state index is 0.0724. The number of nitrogens with zero attached hydrogens (tertiary/aromatic N) is 3. The van der Waals surface area contributed by atoms with Gasteiger partial charge in [-0.3, -0.25) is 19.3 Å². The molecule has 3 rings (SSSR count). The minimum Gasteiger partial charge on any atom is -0.356 e. The van der Waals surface area contributed by atoms with E-state index in [4.69, 9.17) is 0 Å². The molecular weight excluding hydrogens is 352 g/mol. The molecule has 0 radical (unpaired) electrons. The van der Waals surface area contributed by atoms with Gasteiger partial charge >= 0.3 is 0 Å². The molecule has 2 aliphatic rings. The minimum atomic E-state index is -0.0724. The van der Waals surface area contributed by atoms with Crippen LogP contribution in [0.2, 0.25) is 0 Å². The summed E-state index contributed by atoms with van der Waals surface area (Å²) in [7, 11) is 0. The average Bonchev–Trinajstić information content (AvgIpc) is 3.19. The lowest BCUT2D eigenvalue weighted by atomic mass is 10.2. The Hall–Kier alpha value is -1.96. The number of thiazole rings is 1. The number of amides is 3. The first kappa shape index (κ1) is 18.8. The molecule has 8 heteroatoms. The van der Waals surface area contributed by atoms with E-state index >= 15 is 0 Å². The van der Waals surface area contributed by atoms with Crippen molar-refractivity contribution in [3.05, 3.63) is 11.1 Å². The molecule has 0 saturated carbocycles. The maximum absolute atomic E-state index is 12.1. The van der Waals surface area contributed by atoms with Crippen molar-refractivity contribution in [2.45, 2.75) is 51.4 Å². The van der Waals surface area contributed by atoms with Gasteiger partial charge < -0.3 is 10.2 Å². The smallest absolute Gasteiger partial charge is 0.228 e. The van der Waals surface area contributed by atoms with Crippen LogP contribution in [0.1, 0.15) is 50.6 Å². The van der Waals surface area contributed by atoms with Crippen LogP contribution in [0.3, 0.4) is 0 Å². The van der Waals surface area contributed by atoms with Gasteiger partial charge in [0.2, 0.25) is 17.7 Å². The zero-order valence-electron chi connectivity index (χ0n) is 15.0. The summed E-state index contributed by atoms with van der Waals surface area (Å²) < 4.78 is 0. The first-order valence-electron chi connectivity index (χ1n) is 9.43. The Labute approximate surface area is 157 Å². The lowest BCUT2D eigenvalue weighted by Gasteiger charge is -2.20. The number of rotatable bonds is 7. The van der Waals surface area contributed by atoms with Crippen LogP contribution in [0.4, 0.5) is 5.13 Å². The summed E-state index contributed by atoms with van der Waals surface area (Å²) in [5, 5.41) is 5.43. The third kappa shape index (κ3) is 5.03. The maximum atomic E-state index is 12.1. The van der Waals surface area contributed by atoms with Crippen LogP contribution < -0.4 is 10.2 Å². The van der Waals surface area contributed by atoms with Crippen molar-refractivity contribution in [3.63, 3.8) is 0 Å². The van der Waals surface area contributed by atoms with E-state index in [1.807, 2.05) is 10.3 Å². The van der Waals surface area contributed by atoms with E-state index in [1.54, 1.807) is 4.90 Å². The fraction of sp³-hybridized carbons (Fsp3) is 0.667. The molecule has 1 aromatic rings. The number of carbonyl (C=O) groups is 3. The fourth-order valence-electron chi connectivity index (χ4n) is 3.35. The van der Waals surface area contributed by atoms with Crippen molar-refractivity contribution >= 4 is 34.2 Å². The predicted molar refractivity (Wildman–Crippen MR) is 100 cm³/mol. The third-order valence-electron chi connectivity index (χ3n) is 4.78. The summed E-state index contributed by atoms with van der Waals surface area (Å²) in [5.41, 5.74) is 0.699. The molecule has 0 bridgehead atoms. The van der Waals surface area contributed by atoms with Gasteiger partial charge in [-0.15, -0.1) is 11.3 Å². The molecule has 0 spiro atoms. The second-order valence-electron chi connectivity index (χ2n) is 6.84. The van der Waals surface area contributed by atoms with Gasteiger partial charge in [0.05, 0.1) is 12.1 Å². The van der Waals surface area contributed by atoms with Crippen molar-refractivity contribution in [1.82, 2.24) is 15.2 Å². The number of likely N-dealkylation sites (tertiary alicyclic amines) is 1. The second-order valence-corrected chi connectivity index (χ2v) is 7.68. The van der Waals surface area contributed by atoms with Gasteiger partial charge in [-0.2, -0.15) is 0 Å². The molecule has 0 aliphatic carbocycles. The highest BCUT2D eigenvalue weighted by Gasteiger charge is 2.24. The van der Waals surface area contributed by atoms with Crippen molar-refractivity contribution in [2.75, 3.05) is 31.1 Å². The molecule has 142 valence electrons. The van der Waals surface area contributed by atoms with Crippen LogP contribution in [-0.4, -0.2) is 53.8 Å². The van der Waals surface area contributed by atoms with Crippen molar-refractivity contribution in [2.24, 2.45) is 0 Å². The highest BCUT2D eigenvalue weighted by molar-refractivity contribution is 7.14. The number of hydrogen-bond donors (Lipinski definition) is 1. The van der Waals surface area contributed by atoms with Crippen LogP contribution in [0.15, 0.2) is 5.38 Å². The summed E-state index contributed by atoms with van der Waals surface area (Å²) in [6, 6.07) is 0. The van der Waals surface area contributed by atoms with Crippen molar-refractivity contribution in [3.8, 4) is 0 Å². The van der Waals surface area contributed by atoms with Gasteiger partial charge in [-0.25, -0.2) is 4.98 Å². The van der Waals surface area contributed by atoms with E-state index in [-0.39, 0.29) is 24.1 Å². The maximum Gasteiger partial charge on any atom is 0.228 e. The van der Waals surface area contributed by atoms with Gasteiger partial charge in [0.25, 0.3) is 0 Å². The molecule has 1 aromatic heterocycles. The number of aromatic nitrogens is 1. The van der Waals surface area contributed by atoms with Gasteiger partial charge in [0.15, 0.2) is 5.13 Å². The molecular formula is C18H26N4O3S. The molecule has 7 nitrogen and oxygen atoms in total. The standard InChI is InChI=1S/C18H26N4O3S/c23-15(19-8-5-10-21-9-3-1-2-6-16(21)24)12-14-13-26-18(20-14)22-11-4-7-17(22)25/h13H,1-12H2,(H,19,23). The Balaban J connectivity index is 1.37. The monoisotopic (exact) mass is 378 g/mol. The van der Waals surface area contributed by atoms with Gasteiger partial charge in [-0.05, 0) is 25.7 Å². The van der Waals surface area contributed by atoms with Crippen LogP contribution in [0.5, 0.6) is 0 Å². The largest absolute Gasteiger partial charge is 0.356 e. The van der Waals surface area contributed by atoms with Crippen LogP contribution >= 0.6 is 11.3 Å². The zero-order chi connectivity index (χ0) is 18.4. The summed E-state index contributed by atoms with van der Waals surface area (Å²) >= 11 is 1.41. The van der Waals surface area contributed by atoms with Crippen LogP contribution in [-0.2, 0) is 20.8 Å². The Kier molecular flexibility index (Phi) is 6.60. The molecule has 2 aliphatic heterocycles. The summed E-state index contributed by atoms with van der Waals surface area (Å²) in [4.78, 5) is 43.8. The van der Waals surface area contributed by atoms with E-state index in [0.717, 1.165) is 38.6 Å². The van der Waals surface area contributed by atoms with Gasteiger partial charge in [-0.1, -0.05) is 6.42 Å². The number of anilines is 1. The zero-order valence-corrected chi connectivity index (χ0v) is 15.9. The quantitative estimate of drug-likeness (QED) is 0.733. The SMILES string of the molecule is O=C(Cc1csc(N2CCCC2=O)n1)NCCCN1CCCCCC1=O. The molecule has 2 saturated heterocycles. The Morgan fingerprint density at radius 1 is 1.12 bits per heavy atom. The topological polar surface area (TPSA) is 82.6 Å². The Morgan fingerprint density at radius 3 is 2.77 bits per heavy atom. The molecule has 3 amide bonds. The van der Waals surface area contributed by atoms with Crippen LogP contribution in [0, 0.1) is 0 Å². The van der Waals surface area contributed by atoms with Gasteiger partial charge in [0, 0.05) is 44.4 Å². The van der Waals surface area contributed by atoms with Crippen molar-refractivity contribution in [1.29, 1.82) is 0 Å². The molecule has 0 atom stereocenters. The first-order chi connectivity index (χ1) is 12.6. The Bertz CT molecular complexity index is 661. The predicted octanol–water partition coefficient (Wildman–Crippen LogP) is 1.72. The number of carbonyl (C=O) groups excluding carboxylic acids is 3. The fourth-order valence-corrected chi connectivity index (χ4v) is 4.22. The lowest BCUT2D eigenvalue weighted by molar-refractivity contribution is -0.130. The van der Waals surface area contributed by atoms with E-state index in [2.05, 4.69) is 10.3 Å². The lowest BCUT2D eigenvalue weighted by Crippen LogP contribution is -2.34. The highest BCUT2D eigenvalue weighted by atomic mass is 32.1. The molecule has 0 aromatic carbocycles. The van der Waals surface area contributed by atoms with E-state index in [1.165, 1.54) is 11.3 Å². The molecule has 0 unspecified atom stereocenters. The van der Waals surface area contributed by atoms with E-state index in [9.17, 15) is 14.4 Å². The highest BCUT2D eigenvalue weighted by Crippen LogP contribution is 2.25. The summed E-state index contributed by atoms with van der Waals surface area (Å²) in [6.07, 6.45) is 6.27. The normalized spacial score (nSPS) is 18.3. The third-order valence-corrected chi connectivity index (χ3v) is 5.70.